The second kappa shape index (κ2) is 17.9. The highest BCUT2D eigenvalue weighted by atomic mass is 16.5. The van der Waals surface area contributed by atoms with Gasteiger partial charge in [-0.05, 0) is 123 Å². The molecule has 0 aromatic heterocycles. The maximum Gasteiger partial charge on any atom is 0.312 e. The van der Waals surface area contributed by atoms with Crippen LogP contribution in [0.15, 0.2) is 206 Å². The lowest BCUT2D eigenvalue weighted by molar-refractivity contribution is -0.142. The molecule has 0 bridgehead atoms. The van der Waals surface area contributed by atoms with Gasteiger partial charge in [-0.3, -0.25) is 9.59 Å². The van der Waals surface area contributed by atoms with Crippen LogP contribution in [0.25, 0.3) is 43.8 Å². The van der Waals surface area contributed by atoms with Gasteiger partial charge < -0.3 is 19.3 Å². The Labute approximate surface area is 368 Å². The molecule has 6 nitrogen and oxygen atoms in total. The Morgan fingerprint density at radius 2 is 0.889 bits per heavy atom. The highest BCUT2D eigenvalue weighted by Crippen LogP contribution is 2.50. The molecular formula is C57H46N2O4. The molecule has 1 atom stereocenters. The summed E-state index contributed by atoms with van der Waals surface area (Å²) in [5, 5.41) is 4.33. The van der Waals surface area contributed by atoms with Crippen molar-refractivity contribution in [2.24, 2.45) is 0 Å². The van der Waals surface area contributed by atoms with Crippen LogP contribution in [-0.4, -0.2) is 26.2 Å². The first-order chi connectivity index (χ1) is 30.9. The number of anilines is 6. The first-order valence-electron chi connectivity index (χ1n) is 21.1. The predicted octanol–water partition coefficient (Wildman–Crippen LogP) is 14.3. The van der Waals surface area contributed by atoms with Crippen molar-refractivity contribution in [3.8, 4) is 22.3 Å². The third kappa shape index (κ3) is 8.03. The van der Waals surface area contributed by atoms with Crippen LogP contribution in [-0.2, 0) is 25.5 Å². The third-order valence-corrected chi connectivity index (χ3v) is 11.8. The van der Waals surface area contributed by atoms with Crippen molar-refractivity contribution in [3.05, 3.63) is 217 Å². The second-order valence-corrected chi connectivity index (χ2v) is 15.5. The Bertz CT molecular complexity index is 2990. The minimum Gasteiger partial charge on any atom is -0.469 e. The quantitative estimate of drug-likeness (QED) is 0.0904. The van der Waals surface area contributed by atoms with Crippen molar-refractivity contribution in [1.82, 2.24) is 0 Å². The predicted molar refractivity (Wildman–Crippen MR) is 258 cm³/mol. The van der Waals surface area contributed by atoms with E-state index in [-0.39, 0.29) is 18.4 Å². The van der Waals surface area contributed by atoms with E-state index in [2.05, 4.69) is 174 Å². The molecule has 1 unspecified atom stereocenters. The molecule has 9 rings (SSSR count). The van der Waals surface area contributed by atoms with E-state index in [0.29, 0.717) is 0 Å². The lowest BCUT2D eigenvalue weighted by Crippen LogP contribution is -2.12. The second-order valence-electron chi connectivity index (χ2n) is 15.5. The first kappa shape index (κ1) is 40.4. The average molecular weight is 823 g/mol. The smallest absolute Gasteiger partial charge is 0.312 e. The number of para-hydroxylation sites is 3. The summed E-state index contributed by atoms with van der Waals surface area (Å²) in [4.78, 5) is 29.5. The molecule has 0 spiro atoms. The number of methoxy groups -OCH3 is 2. The van der Waals surface area contributed by atoms with Gasteiger partial charge >= 0.3 is 11.9 Å². The molecular weight excluding hydrogens is 777 g/mol. The molecule has 0 amide bonds. The van der Waals surface area contributed by atoms with Gasteiger partial charge in [-0.25, -0.2) is 0 Å². The number of esters is 2. The highest BCUT2D eigenvalue weighted by molar-refractivity contribution is 6.25. The fourth-order valence-electron chi connectivity index (χ4n) is 8.64. The molecule has 9 aromatic carbocycles. The van der Waals surface area contributed by atoms with Crippen molar-refractivity contribution in [2.75, 3.05) is 24.0 Å². The molecule has 0 N–H and O–H groups in total. The zero-order valence-electron chi connectivity index (χ0n) is 35.4. The van der Waals surface area contributed by atoms with E-state index in [9.17, 15) is 9.59 Å². The van der Waals surface area contributed by atoms with Crippen LogP contribution < -0.4 is 9.80 Å². The fraction of sp³-hybridized carbons (Fsp3) is 0.0877. The lowest BCUT2D eigenvalue weighted by atomic mass is 9.84. The van der Waals surface area contributed by atoms with Crippen molar-refractivity contribution in [2.45, 2.75) is 19.3 Å². The molecule has 0 saturated heterocycles. The van der Waals surface area contributed by atoms with Gasteiger partial charge in [0.05, 0.1) is 32.2 Å². The number of rotatable bonds is 12. The number of nitrogens with zero attached hydrogens (tertiary/aromatic N) is 2. The van der Waals surface area contributed by atoms with Gasteiger partial charge in [0, 0.05) is 33.8 Å². The van der Waals surface area contributed by atoms with E-state index in [1.165, 1.54) is 14.2 Å². The van der Waals surface area contributed by atoms with Gasteiger partial charge in [0.25, 0.3) is 0 Å². The van der Waals surface area contributed by atoms with Crippen LogP contribution >= 0.6 is 0 Å². The first-order valence-corrected chi connectivity index (χ1v) is 21.1. The summed E-state index contributed by atoms with van der Waals surface area (Å²) < 4.78 is 10.1. The van der Waals surface area contributed by atoms with E-state index < -0.39 is 5.92 Å². The van der Waals surface area contributed by atoms with Crippen LogP contribution in [0.3, 0.4) is 0 Å². The van der Waals surface area contributed by atoms with Crippen LogP contribution in [0.4, 0.5) is 34.1 Å². The maximum absolute atomic E-state index is 12.5. The summed E-state index contributed by atoms with van der Waals surface area (Å²) in [6, 6.07) is 71.8. The van der Waals surface area contributed by atoms with Crippen molar-refractivity contribution in [3.63, 3.8) is 0 Å². The molecule has 0 radical (unpaired) electrons. The standard InChI is InChI=1S/C57H46N2O4/c1-39(57(61)63-3)41-30-32-42(33-31-41)54-49-22-13-14-23-50(49)55(43-28-26-40(27-29-43)38-53(60)62-2)56-51(54)24-15-25-52(56)59(46-20-11-6-12-21-46)48-36-34-47(35-37-48)58(44-16-7-4-8-17-44)45-18-9-5-10-19-45/h4-37,39H,38H2,1-3H3. The summed E-state index contributed by atoms with van der Waals surface area (Å²) in [6.45, 7) is 1.87. The van der Waals surface area contributed by atoms with Crippen molar-refractivity contribution < 1.29 is 19.1 Å². The van der Waals surface area contributed by atoms with E-state index in [0.717, 1.165) is 89.0 Å². The summed E-state index contributed by atoms with van der Waals surface area (Å²) >= 11 is 0. The van der Waals surface area contributed by atoms with E-state index >= 15 is 0 Å². The Morgan fingerprint density at radius 1 is 0.444 bits per heavy atom. The molecule has 0 aliphatic heterocycles. The molecule has 0 fully saturated rings. The maximum atomic E-state index is 12.5. The average Bonchev–Trinajstić information content (AvgIpc) is 3.35. The van der Waals surface area contributed by atoms with E-state index in [1.807, 2.05) is 49.4 Å². The number of benzene rings is 9. The van der Waals surface area contributed by atoms with Gasteiger partial charge in [0.1, 0.15) is 0 Å². The fourth-order valence-corrected chi connectivity index (χ4v) is 8.64. The number of carbonyl (C=O) groups is 2. The minimum absolute atomic E-state index is 0.191. The van der Waals surface area contributed by atoms with Crippen LogP contribution in [0, 0.1) is 0 Å². The minimum atomic E-state index is -0.396. The normalized spacial score (nSPS) is 11.5. The summed E-state index contributed by atoms with van der Waals surface area (Å²) in [5.74, 6) is -0.948. The van der Waals surface area contributed by atoms with Crippen LogP contribution in [0.1, 0.15) is 24.0 Å². The van der Waals surface area contributed by atoms with E-state index in [1.54, 1.807) is 0 Å². The van der Waals surface area contributed by atoms with Gasteiger partial charge in [0.2, 0.25) is 0 Å². The van der Waals surface area contributed by atoms with Gasteiger partial charge in [-0.15, -0.1) is 0 Å². The SMILES string of the molecule is COC(=O)Cc1ccc(-c2c3ccccc3c(-c3ccc(C(C)C(=O)OC)cc3)c3cccc(N(c4ccccc4)c4ccc(N(c5ccccc5)c5ccccc5)cc4)c23)cc1. The summed E-state index contributed by atoms with van der Waals surface area (Å²) in [7, 11) is 2.84. The number of hydrogen-bond acceptors (Lipinski definition) is 6. The summed E-state index contributed by atoms with van der Waals surface area (Å²) in [6.07, 6.45) is 0.191. The molecule has 0 aliphatic carbocycles. The van der Waals surface area contributed by atoms with Crippen molar-refractivity contribution >= 4 is 67.6 Å². The topological polar surface area (TPSA) is 59.1 Å². The zero-order valence-corrected chi connectivity index (χ0v) is 35.4. The Morgan fingerprint density at radius 3 is 1.43 bits per heavy atom. The number of hydrogen-bond donors (Lipinski definition) is 0. The van der Waals surface area contributed by atoms with Crippen LogP contribution in [0.2, 0.25) is 0 Å². The zero-order chi connectivity index (χ0) is 43.3. The lowest BCUT2D eigenvalue weighted by Gasteiger charge is -2.30. The summed E-state index contributed by atoms with van der Waals surface area (Å²) in [5.41, 5.74) is 12.2. The molecule has 308 valence electrons. The highest BCUT2D eigenvalue weighted by Gasteiger charge is 2.24. The Kier molecular flexibility index (Phi) is 11.5. The monoisotopic (exact) mass is 822 g/mol. The number of carbonyl (C=O) groups excluding carboxylic acids is 2. The third-order valence-electron chi connectivity index (χ3n) is 11.8. The molecule has 0 heterocycles. The molecule has 6 heteroatoms. The molecule has 0 saturated carbocycles. The van der Waals surface area contributed by atoms with E-state index in [4.69, 9.17) is 9.47 Å². The van der Waals surface area contributed by atoms with Gasteiger partial charge in [0.15, 0.2) is 0 Å². The number of fused-ring (bicyclic) bond motifs is 2. The molecule has 9 aromatic rings. The van der Waals surface area contributed by atoms with Crippen molar-refractivity contribution in [1.29, 1.82) is 0 Å². The largest absolute Gasteiger partial charge is 0.469 e. The Hall–Kier alpha value is -7.96. The number of ether oxygens (including phenoxy) is 2. The van der Waals surface area contributed by atoms with Crippen LogP contribution in [0.5, 0.6) is 0 Å². The molecule has 0 aliphatic rings. The van der Waals surface area contributed by atoms with Gasteiger partial charge in [-0.1, -0.05) is 140 Å². The Balaban J connectivity index is 1.29. The van der Waals surface area contributed by atoms with Gasteiger partial charge in [-0.2, -0.15) is 0 Å². The molecule has 63 heavy (non-hydrogen) atoms.